The first-order valence-corrected chi connectivity index (χ1v) is 8.65. The lowest BCUT2D eigenvalue weighted by Crippen LogP contribution is -2.26. The Balaban J connectivity index is 1.94. The maximum atomic E-state index is 12.1. The molecule has 0 aliphatic carbocycles. The Morgan fingerprint density at radius 2 is 2.04 bits per heavy atom. The van der Waals surface area contributed by atoms with E-state index in [0.29, 0.717) is 5.75 Å². The molecule has 1 amide bonds. The lowest BCUT2D eigenvalue weighted by molar-refractivity contribution is -0.120. The minimum atomic E-state index is -0.237. The summed E-state index contributed by atoms with van der Waals surface area (Å²) in [5.41, 5.74) is 3.34. The number of nitrogens with one attached hydrogen (secondary N) is 1. The normalized spacial score (nSPS) is 12.1. The molecule has 0 fully saturated rings. The van der Waals surface area contributed by atoms with E-state index in [2.05, 4.69) is 26.5 Å². The maximum absolute atomic E-state index is 12.1. The zero-order valence-corrected chi connectivity index (χ0v) is 15.2. The summed E-state index contributed by atoms with van der Waals surface area (Å²) >= 11 is 4.89. The van der Waals surface area contributed by atoms with Crippen molar-refractivity contribution in [1.82, 2.24) is 5.43 Å². The smallest absolute Gasteiger partial charge is 0.253 e. The van der Waals surface area contributed by atoms with Crippen molar-refractivity contribution in [3.63, 3.8) is 0 Å². The number of rotatable bonds is 6. The minimum Gasteiger partial charge on any atom is -0.496 e. The van der Waals surface area contributed by atoms with E-state index in [9.17, 15) is 4.79 Å². The highest BCUT2D eigenvalue weighted by atomic mass is 79.9. The highest BCUT2D eigenvalue weighted by Crippen LogP contribution is 2.23. The fourth-order valence-electron chi connectivity index (χ4n) is 1.82. The van der Waals surface area contributed by atoms with Crippen LogP contribution in [0.15, 0.2) is 63.0 Å². The lowest BCUT2D eigenvalue weighted by Gasteiger charge is -2.09. The summed E-state index contributed by atoms with van der Waals surface area (Å²) in [6.45, 7) is 1.85. The van der Waals surface area contributed by atoms with Gasteiger partial charge in [-0.3, -0.25) is 4.79 Å². The summed E-state index contributed by atoms with van der Waals surface area (Å²) in [7, 11) is 1.59. The van der Waals surface area contributed by atoms with Crippen LogP contribution in [0.2, 0.25) is 0 Å². The molecule has 2 aromatic carbocycles. The van der Waals surface area contributed by atoms with Crippen LogP contribution in [0, 0.1) is 0 Å². The second-order valence-electron chi connectivity index (χ2n) is 4.69. The molecule has 2 aromatic rings. The second kappa shape index (κ2) is 8.74. The van der Waals surface area contributed by atoms with Gasteiger partial charge in [0.1, 0.15) is 5.75 Å². The first-order chi connectivity index (χ1) is 11.1. The number of hydrazone groups is 1. The van der Waals surface area contributed by atoms with Crippen molar-refractivity contribution >= 4 is 39.8 Å². The predicted molar refractivity (Wildman–Crippen MR) is 98.2 cm³/mol. The van der Waals surface area contributed by atoms with Gasteiger partial charge in [-0.25, -0.2) is 5.43 Å². The van der Waals surface area contributed by atoms with Gasteiger partial charge in [0.25, 0.3) is 5.91 Å². The summed E-state index contributed by atoms with van der Waals surface area (Å²) in [6.07, 6.45) is 1.57. The van der Waals surface area contributed by atoms with Crippen molar-refractivity contribution in [2.24, 2.45) is 5.10 Å². The number of hydrogen-bond donors (Lipinski definition) is 1. The number of benzene rings is 2. The zero-order valence-electron chi connectivity index (χ0n) is 12.8. The van der Waals surface area contributed by atoms with Gasteiger partial charge in [0.2, 0.25) is 0 Å². The van der Waals surface area contributed by atoms with E-state index in [0.717, 1.165) is 14.9 Å². The fraction of sp³-hybridized carbons (Fsp3) is 0.176. The number of carbonyl (C=O) groups excluding carboxylic acids is 1. The molecular weight excluding hydrogens is 376 g/mol. The third-order valence-corrected chi connectivity index (χ3v) is 4.60. The van der Waals surface area contributed by atoms with Crippen molar-refractivity contribution in [2.75, 3.05) is 7.11 Å². The third-order valence-electron chi connectivity index (χ3n) is 3.00. The third kappa shape index (κ3) is 5.41. The van der Waals surface area contributed by atoms with Gasteiger partial charge in [-0.15, -0.1) is 11.8 Å². The molecule has 1 N–H and O–H groups in total. The Kier molecular flexibility index (Phi) is 6.67. The maximum Gasteiger partial charge on any atom is 0.253 e. The quantitative estimate of drug-likeness (QED) is 0.457. The topological polar surface area (TPSA) is 50.7 Å². The SMILES string of the molecule is COc1ccc(Br)cc1/C=N\NC(=O)[C@@H](C)Sc1ccccc1. The molecule has 0 aliphatic rings. The minimum absolute atomic E-state index is 0.149. The summed E-state index contributed by atoms with van der Waals surface area (Å²) in [5.74, 6) is 0.543. The molecule has 0 aliphatic heterocycles. The number of carbonyl (C=O) groups is 1. The molecule has 4 nitrogen and oxygen atoms in total. The number of thioether (sulfide) groups is 1. The van der Waals surface area contributed by atoms with Crippen LogP contribution in [-0.4, -0.2) is 24.5 Å². The van der Waals surface area contributed by atoms with Gasteiger partial charge in [0.05, 0.1) is 18.6 Å². The molecule has 0 saturated carbocycles. The van der Waals surface area contributed by atoms with Crippen molar-refractivity contribution < 1.29 is 9.53 Å². The number of nitrogens with zero attached hydrogens (tertiary/aromatic N) is 1. The molecule has 0 bridgehead atoms. The van der Waals surface area contributed by atoms with Crippen LogP contribution >= 0.6 is 27.7 Å². The number of ether oxygens (including phenoxy) is 1. The van der Waals surface area contributed by atoms with E-state index < -0.39 is 0 Å². The van der Waals surface area contributed by atoms with Crippen molar-refractivity contribution in [3.8, 4) is 5.75 Å². The highest BCUT2D eigenvalue weighted by molar-refractivity contribution is 9.10. The first-order valence-electron chi connectivity index (χ1n) is 6.98. The average molecular weight is 393 g/mol. The van der Waals surface area contributed by atoms with Gasteiger partial charge in [-0.05, 0) is 37.3 Å². The van der Waals surface area contributed by atoms with Gasteiger partial charge in [-0.2, -0.15) is 5.10 Å². The van der Waals surface area contributed by atoms with E-state index in [1.807, 2.05) is 55.5 Å². The number of methoxy groups -OCH3 is 1. The van der Waals surface area contributed by atoms with E-state index in [-0.39, 0.29) is 11.2 Å². The van der Waals surface area contributed by atoms with Crippen LogP contribution in [0.5, 0.6) is 5.75 Å². The molecule has 0 aromatic heterocycles. The molecule has 0 radical (unpaired) electrons. The monoisotopic (exact) mass is 392 g/mol. The molecule has 1 atom stereocenters. The summed E-state index contributed by atoms with van der Waals surface area (Å²) in [5, 5.41) is 3.78. The fourth-order valence-corrected chi connectivity index (χ4v) is 3.08. The van der Waals surface area contributed by atoms with Gasteiger partial charge in [0, 0.05) is 14.9 Å². The molecule has 0 saturated heterocycles. The largest absolute Gasteiger partial charge is 0.496 e. The summed E-state index contributed by atoms with van der Waals surface area (Å²) < 4.78 is 6.17. The van der Waals surface area contributed by atoms with Crippen LogP contribution in [0.3, 0.4) is 0 Å². The molecular formula is C17H17BrN2O2S. The molecule has 0 spiro atoms. The predicted octanol–water partition coefficient (Wildman–Crippen LogP) is 4.09. The first kappa shape index (κ1) is 17.6. The van der Waals surface area contributed by atoms with E-state index in [4.69, 9.17) is 4.74 Å². The molecule has 0 heterocycles. The van der Waals surface area contributed by atoms with Crippen LogP contribution in [0.4, 0.5) is 0 Å². The number of amides is 1. The Labute approximate surface area is 148 Å². The summed E-state index contributed by atoms with van der Waals surface area (Å²) in [4.78, 5) is 13.1. The standard InChI is InChI=1S/C17H17BrN2O2S/c1-12(23-15-6-4-3-5-7-15)17(21)20-19-11-13-10-14(18)8-9-16(13)22-2/h3-12H,1-2H3,(H,20,21)/b19-11-/t12-/m1/s1. The zero-order chi connectivity index (χ0) is 16.7. The number of halogens is 1. The van der Waals surface area contributed by atoms with Gasteiger partial charge >= 0.3 is 0 Å². The van der Waals surface area contributed by atoms with Crippen LogP contribution in [0.25, 0.3) is 0 Å². The highest BCUT2D eigenvalue weighted by Gasteiger charge is 2.13. The van der Waals surface area contributed by atoms with Crippen molar-refractivity contribution in [1.29, 1.82) is 0 Å². The lowest BCUT2D eigenvalue weighted by atomic mass is 10.2. The second-order valence-corrected chi connectivity index (χ2v) is 7.02. The van der Waals surface area contributed by atoms with Gasteiger partial charge < -0.3 is 4.74 Å². The molecule has 0 unspecified atom stereocenters. The Morgan fingerprint density at radius 1 is 1.30 bits per heavy atom. The molecule has 2 rings (SSSR count). The molecule has 23 heavy (non-hydrogen) atoms. The average Bonchev–Trinajstić information content (AvgIpc) is 2.56. The van der Waals surface area contributed by atoms with E-state index >= 15 is 0 Å². The number of hydrogen-bond acceptors (Lipinski definition) is 4. The van der Waals surface area contributed by atoms with Crippen LogP contribution in [0.1, 0.15) is 12.5 Å². The molecule has 120 valence electrons. The Hall–Kier alpha value is -1.79. The van der Waals surface area contributed by atoms with Crippen LogP contribution < -0.4 is 10.2 Å². The summed E-state index contributed by atoms with van der Waals surface area (Å²) in [6, 6.07) is 15.4. The van der Waals surface area contributed by atoms with Crippen molar-refractivity contribution in [2.45, 2.75) is 17.1 Å². The van der Waals surface area contributed by atoms with Crippen molar-refractivity contribution in [3.05, 3.63) is 58.6 Å². The molecule has 6 heteroatoms. The van der Waals surface area contributed by atoms with Gasteiger partial charge in [0.15, 0.2) is 0 Å². The van der Waals surface area contributed by atoms with E-state index in [1.165, 1.54) is 11.8 Å². The van der Waals surface area contributed by atoms with E-state index in [1.54, 1.807) is 13.3 Å². The Bertz CT molecular complexity index is 692. The Morgan fingerprint density at radius 3 is 2.74 bits per heavy atom. The van der Waals surface area contributed by atoms with Crippen LogP contribution in [-0.2, 0) is 4.79 Å². The van der Waals surface area contributed by atoms with Gasteiger partial charge in [-0.1, -0.05) is 34.1 Å².